The summed E-state index contributed by atoms with van der Waals surface area (Å²) in [5, 5.41) is 12.7. The lowest BCUT2D eigenvalue weighted by atomic mass is 9.92. The highest BCUT2D eigenvalue weighted by Gasteiger charge is 2.17. The van der Waals surface area contributed by atoms with Gasteiger partial charge in [0.25, 0.3) is 5.91 Å². The van der Waals surface area contributed by atoms with Crippen molar-refractivity contribution in [3.63, 3.8) is 0 Å². The van der Waals surface area contributed by atoms with E-state index in [1.807, 2.05) is 30.3 Å². The smallest absolute Gasteiger partial charge is 0.257 e. The number of aromatic nitrogens is 1. The van der Waals surface area contributed by atoms with E-state index in [1.165, 1.54) is 6.20 Å². The van der Waals surface area contributed by atoms with E-state index in [1.54, 1.807) is 36.5 Å². The van der Waals surface area contributed by atoms with Crippen molar-refractivity contribution in [1.29, 1.82) is 5.26 Å². The minimum Gasteiger partial charge on any atom is -0.322 e. The lowest BCUT2D eigenvalue weighted by Gasteiger charge is -2.13. The molecule has 0 saturated heterocycles. The Morgan fingerprint density at radius 1 is 1.12 bits per heavy atom. The fourth-order valence-corrected chi connectivity index (χ4v) is 2.80. The predicted molar refractivity (Wildman–Crippen MR) is 97.5 cm³/mol. The van der Waals surface area contributed by atoms with Gasteiger partial charge in [-0.1, -0.05) is 48.0 Å². The van der Waals surface area contributed by atoms with Crippen LogP contribution in [0, 0.1) is 11.3 Å². The number of halogens is 1. The van der Waals surface area contributed by atoms with E-state index < -0.39 is 5.92 Å². The first-order chi connectivity index (χ1) is 12.2. The molecule has 3 aromatic rings. The molecule has 0 spiro atoms. The maximum Gasteiger partial charge on any atom is 0.257 e. The standard InChI is InChI=1S/C20H14ClN3O/c21-19-11-16(24-20(25)15-7-4-10-23-13-15)8-9-17(19)18(12-22)14-5-2-1-3-6-14/h1-11,13,18H,(H,24,25)/t18-/m0/s1. The maximum atomic E-state index is 12.2. The van der Waals surface area contributed by atoms with Crippen LogP contribution in [-0.4, -0.2) is 10.9 Å². The van der Waals surface area contributed by atoms with Crippen molar-refractivity contribution in [2.75, 3.05) is 5.32 Å². The summed E-state index contributed by atoms with van der Waals surface area (Å²) in [6.07, 6.45) is 3.10. The third-order valence-corrected chi connectivity index (χ3v) is 4.08. The van der Waals surface area contributed by atoms with E-state index in [4.69, 9.17) is 11.6 Å². The molecular formula is C20H14ClN3O. The molecule has 0 aliphatic carbocycles. The van der Waals surface area contributed by atoms with Crippen LogP contribution in [0.15, 0.2) is 73.1 Å². The van der Waals surface area contributed by atoms with E-state index in [0.29, 0.717) is 21.8 Å². The predicted octanol–water partition coefficient (Wildman–Crippen LogP) is 4.64. The van der Waals surface area contributed by atoms with E-state index in [9.17, 15) is 10.1 Å². The van der Waals surface area contributed by atoms with Crippen LogP contribution in [0.5, 0.6) is 0 Å². The first-order valence-electron chi connectivity index (χ1n) is 7.64. The van der Waals surface area contributed by atoms with Crippen LogP contribution >= 0.6 is 11.6 Å². The summed E-state index contributed by atoms with van der Waals surface area (Å²) in [4.78, 5) is 16.1. The van der Waals surface area contributed by atoms with E-state index >= 15 is 0 Å². The Bertz CT molecular complexity index is 921. The second kappa shape index (κ2) is 7.61. The van der Waals surface area contributed by atoms with Gasteiger partial charge in [-0.05, 0) is 35.4 Å². The fourth-order valence-electron chi connectivity index (χ4n) is 2.51. The molecule has 1 heterocycles. The number of nitrogens with one attached hydrogen (secondary N) is 1. The zero-order valence-electron chi connectivity index (χ0n) is 13.2. The minimum absolute atomic E-state index is 0.267. The molecule has 122 valence electrons. The molecule has 0 saturated carbocycles. The van der Waals surface area contributed by atoms with Crippen molar-refractivity contribution in [1.82, 2.24) is 4.98 Å². The minimum atomic E-state index is -0.461. The Hall–Kier alpha value is -3.16. The molecule has 2 aromatic carbocycles. The van der Waals surface area contributed by atoms with E-state index in [2.05, 4.69) is 16.4 Å². The Kier molecular flexibility index (Phi) is 5.08. The normalized spacial score (nSPS) is 11.4. The van der Waals surface area contributed by atoms with Gasteiger partial charge in [-0.2, -0.15) is 5.26 Å². The lowest BCUT2D eigenvalue weighted by Crippen LogP contribution is -2.12. The molecular weight excluding hydrogens is 334 g/mol. The second-order valence-corrected chi connectivity index (χ2v) is 5.81. The molecule has 4 nitrogen and oxygen atoms in total. The second-order valence-electron chi connectivity index (χ2n) is 5.40. The molecule has 0 fully saturated rings. The summed E-state index contributed by atoms with van der Waals surface area (Å²) in [7, 11) is 0. The quantitative estimate of drug-likeness (QED) is 0.747. The number of anilines is 1. The van der Waals surface area contributed by atoms with Gasteiger partial charge in [-0.3, -0.25) is 9.78 Å². The lowest BCUT2D eigenvalue weighted by molar-refractivity contribution is 0.102. The zero-order valence-corrected chi connectivity index (χ0v) is 13.9. The molecule has 25 heavy (non-hydrogen) atoms. The number of hydrogen-bond donors (Lipinski definition) is 1. The van der Waals surface area contributed by atoms with Gasteiger partial charge in [-0.15, -0.1) is 0 Å². The molecule has 1 atom stereocenters. The van der Waals surface area contributed by atoms with Crippen molar-refractivity contribution >= 4 is 23.2 Å². The summed E-state index contributed by atoms with van der Waals surface area (Å²) in [5.41, 5.74) is 2.60. The van der Waals surface area contributed by atoms with Crippen molar-refractivity contribution < 1.29 is 4.79 Å². The van der Waals surface area contributed by atoms with Gasteiger partial charge in [0.2, 0.25) is 0 Å². The van der Waals surface area contributed by atoms with E-state index in [-0.39, 0.29) is 5.91 Å². The summed E-state index contributed by atoms with van der Waals surface area (Å²) < 4.78 is 0. The fraction of sp³-hybridized carbons (Fsp3) is 0.0500. The number of nitrogens with zero attached hydrogens (tertiary/aromatic N) is 2. The van der Waals surface area contributed by atoms with Crippen LogP contribution in [0.4, 0.5) is 5.69 Å². The molecule has 0 aliphatic rings. The summed E-state index contributed by atoms with van der Waals surface area (Å²) in [6.45, 7) is 0. The largest absolute Gasteiger partial charge is 0.322 e. The monoisotopic (exact) mass is 347 g/mol. The molecule has 5 heteroatoms. The molecule has 1 N–H and O–H groups in total. The average Bonchev–Trinajstić information content (AvgIpc) is 2.65. The number of hydrogen-bond acceptors (Lipinski definition) is 3. The molecule has 0 aliphatic heterocycles. The van der Waals surface area contributed by atoms with Crippen molar-refractivity contribution in [2.45, 2.75) is 5.92 Å². The van der Waals surface area contributed by atoms with E-state index in [0.717, 1.165) is 5.56 Å². The average molecular weight is 348 g/mol. The maximum absolute atomic E-state index is 12.2. The Labute approximate surface area is 150 Å². The SMILES string of the molecule is N#C[C@@H](c1ccccc1)c1ccc(NC(=O)c2cccnc2)cc1Cl. The Morgan fingerprint density at radius 3 is 2.56 bits per heavy atom. The van der Waals surface area contributed by atoms with Crippen LogP contribution in [0.2, 0.25) is 5.02 Å². The molecule has 3 rings (SSSR count). The highest BCUT2D eigenvalue weighted by atomic mass is 35.5. The third kappa shape index (κ3) is 3.85. The van der Waals surface area contributed by atoms with Crippen LogP contribution in [0.1, 0.15) is 27.4 Å². The van der Waals surface area contributed by atoms with Gasteiger partial charge < -0.3 is 5.32 Å². The number of carbonyl (C=O) groups is 1. The Morgan fingerprint density at radius 2 is 1.92 bits per heavy atom. The first-order valence-corrected chi connectivity index (χ1v) is 8.02. The third-order valence-electron chi connectivity index (χ3n) is 3.76. The van der Waals surface area contributed by atoms with Gasteiger partial charge in [0.15, 0.2) is 0 Å². The number of benzene rings is 2. The number of nitriles is 1. The van der Waals surface area contributed by atoms with Crippen LogP contribution in [0.3, 0.4) is 0 Å². The van der Waals surface area contributed by atoms with Crippen molar-refractivity contribution in [2.24, 2.45) is 0 Å². The number of rotatable bonds is 4. The van der Waals surface area contributed by atoms with Gasteiger partial charge >= 0.3 is 0 Å². The zero-order chi connectivity index (χ0) is 17.6. The molecule has 1 aromatic heterocycles. The molecule has 0 radical (unpaired) electrons. The van der Waals surface area contributed by atoms with Gasteiger partial charge in [-0.25, -0.2) is 0 Å². The van der Waals surface area contributed by atoms with Crippen molar-refractivity contribution in [3.8, 4) is 6.07 Å². The molecule has 0 unspecified atom stereocenters. The summed E-state index contributed by atoms with van der Waals surface area (Å²) in [5.74, 6) is -0.728. The molecule has 0 bridgehead atoms. The van der Waals surface area contributed by atoms with Crippen LogP contribution in [-0.2, 0) is 0 Å². The van der Waals surface area contributed by atoms with Gasteiger partial charge in [0.05, 0.1) is 17.6 Å². The summed E-state index contributed by atoms with van der Waals surface area (Å²) in [6, 6.07) is 20.3. The highest BCUT2D eigenvalue weighted by molar-refractivity contribution is 6.31. The van der Waals surface area contributed by atoms with Gasteiger partial charge in [0.1, 0.15) is 0 Å². The molecule has 1 amide bonds. The first kappa shape index (κ1) is 16.7. The number of pyridine rings is 1. The van der Waals surface area contributed by atoms with Crippen LogP contribution in [0.25, 0.3) is 0 Å². The highest BCUT2D eigenvalue weighted by Crippen LogP contribution is 2.31. The van der Waals surface area contributed by atoms with Crippen LogP contribution < -0.4 is 5.32 Å². The number of carbonyl (C=O) groups excluding carboxylic acids is 1. The van der Waals surface area contributed by atoms with Crippen molar-refractivity contribution in [3.05, 3.63) is 94.8 Å². The Balaban J connectivity index is 1.84. The number of amides is 1. The topological polar surface area (TPSA) is 65.8 Å². The van der Waals surface area contributed by atoms with Gasteiger partial charge in [0, 0.05) is 23.1 Å². The summed E-state index contributed by atoms with van der Waals surface area (Å²) >= 11 is 6.37.